The van der Waals surface area contributed by atoms with E-state index in [1.807, 2.05) is 62.5 Å². The van der Waals surface area contributed by atoms with Gasteiger partial charge in [-0.2, -0.15) is 0 Å². The minimum Gasteiger partial charge on any atom is -0.481 e. The Kier molecular flexibility index (Phi) is 7.22. The van der Waals surface area contributed by atoms with Crippen molar-refractivity contribution < 1.29 is 23.8 Å². The molecule has 0 aliphatic heterocycles. The van der Waals surface area contributed by atoms with Crippen LogP contribution in [0.2, 0.25) is 0 Å². The molecule has 4 aromatic rings. The SMILES string of the molecule is CCOc1nn(Cc2ccnc(OCc3nc(-c4ccccc4)oc3C)c2)cc1CCC(=O)O. The molecule has 0 fully saturated rings. The predicted molar refractivity (Wildman–Crippen MR) is 124 cm³/mol. The molecule has 0 bridgehead atoms. The highest BCUT2D eigenvalue weighted by molar-refractivity contribution is 5.67. The van der Waals surface area contributed by atoms with E-state index in [0.717, 1.165) is 16.7 Å². The summed E-state index contributed by atoms with van der Waals surface area (Å²) in [4.78, 5) is 19.8. The smallest absolute Gasteiger partial charge is 0.303 e. The molecule has 9 heteroatoms. The number of oxazole rings is 1. The monoisotopic (exact) mass is 462 g/mol. The molecule has 1 N–H and O–H groups in total. The lowest BCUT2D eigenvalue weighted by molar-refractivity contribution is -0.136. The number of aryl methyl sites for hydroxylation is 2. The summed E-state index contributed by atoms with van der Waals surface area (Å²) in [7, 11) is 0. The number of nitrogens with zero attached hydrogens (tertiary/aromatic N) is 4. The maximum absolute atomic E-state index is 10.9. The Morgan fingerprint density at radius 1 is 1.18 bits per heavy atom. The van der Waals surface area contributed by atoms with E-state index in [2.05, 4.69) is 15.1 Å². The summed E-state index contributed by atoms with van der Waals surface area (Å²) in [6, 6.07) is 13.4. The number of carboxylic acid groups (broad SMARTS) is 1. The van der Waals surface area contributed by atoms with E-state index >= 15 is 0 Å². The quantitative estimate of drug-likeness (QED) is 0.351. The van der Waals surface area contributed by atoms with Gasteiger partial charge in [0.2, 0.25) is 17.7 Å². The third-order valence-electron chi connectivity index (χ3n) is 5.10. The molecule has 4 rings (SSSR count). The average molecular weight is 463 g/mol. The summed E-state index contributed by atoms with van der Waals surface area (Å²) < 4.78 is 19.0. The van der Waals surface area contributed by atoms with Gasteiger partial charge >= 0.3 is 5.97 Å². The van der Waals surface area contributed by atoms with Gasteiger partial charge in [0.15, 0.2) is 0 Å². The molecular formula is C25H26N4O5. The van der Waals surface area contributed by atoms with E-state index < -0.39 is 5.97 Å². The molecule has 9 nitrogen and oxygen atoms in total. The summed E-state index contributed by atoms with van der Waals surface area (Å²) in [5.74, 6) is 1.32. The van der Waals surface area contributed by atoms with Gasteiger partial charge in [0.1, 0.15) is 18.1 Å². The Morgan fingerprint density at radius 2 is 2.00 bits per heavy atom. The van der Waals surface area contributed by atoms with Gasteiger partial charge in [0, 0.05) is 36.0 Å². The molecule has 0 radical (unpaired) electrons. The largest absolute Gasteiger partial charge is 0.481 e. The normalized spacial score (nSPS) is 10.9. The molecule has 0 atom stereocenters. The third kappa shape index (κ3) is 5.80. The van der Waals surface area contributed by atoms with Crippen molar-refractivity contribution in [3.8, 4) is 23.2 Å². The fraction of sp³-hybridized carbons (Fsp3) is 0.280. The molecule has 0 saturated heterocycles. The number of ether oxygens (including phenoxy) is 2. The molecule has 3 aromatic heterocycles. The molecule has 0 aliphatic rings. The fourth-order valence-corrected chi connectivity index (χ4v) is 3.42. The fourth-order valence-electron chi connectivity index (χ4n) is 3.42. The first-order valence-corrected chi connectivity index (χ1v) is 11.0. The minimum absolute atomic E-state index is 0.0203. The second-order valence-corrected chi connectivity index (χ2v) is 7.66. The number of carbonyl (C=O) groups is 1. The number of hydrogen-bond donors (Lipinski definition) is 1. The Bertz CT molecular complexity index is 1250. The van der Waals surface area contributed by atoms with Gasteiger partial charge in [0.25, 0.3) is 0 Å². The lowest BCUT2D eigenvalue weighted by atomic mass is 10.2. The van der Waals surface area contributed by atoms with Crippen LogP contribution in [0, 0.1) is 6.92 Å². The van der Waals surface area contributed by atoms with E-state index in [1.54, 1.807) is 10.9 Å². The summed E-state index contributed by atoms with van der Waals surface area (Å²) in [5, 5.41) is 13.4. The zero-order chi connectivity index (χ0) is 23.9. The van der Waals surface area contributed by atoms with Crippen molar-refractivity contribution in [2.45, 2.75) is 39.8 Å². The number of hydrogen-bond acceptors (Lipinski definition) is 7. The molecule has 0 unspecified atom stereocenters. The Morgan fingerprint density at radius 3 is 2.76 bits per heavy atom. The molecule has 0 spiro atoms. The number of aliphatic carboxylic acids is 1. The summed E-state index contributed by atoms with van der Waals surface area (Å²) in [6.45, 7) is 4.88. The molecular weight excluding hydrogens is 436 g/mol. The molecule has 176 valence electrons. The molecule has 1 aromatic carbocycles. The molecule has 0 saturated carbocycles. The molecule has 34 heavy (non-hydrogen) atoms. The minimum atomic E-state index is -0.857. The standard InChI is InChI=1S/C25H26N4O5/c1-3-32-25-20(9-10-23(30)31)15-29(28-25)14-18-11-12-26-22(13-18)33-16-21-17(2)34-24(27-21)19-7-5-4-6-8-19/h4-8,11-13,15H,3,9-10,14,16H2,1-2H3,(H,30,31). The van der Waals surface area contributed by atoms with Crippen LogP contribution >= 0.6 is 0 Å². The zero-order valence-corrected chi connectivity index (χ0v) is 19.1. The van der Waals surface area contributed by atoms with Crippen LogP contribution in [-0.2, 0) is 24.4 Å². The van der Waals surface area contributed by atoms with E-state index in [0.29, 0.717) is 48.7 Å². The van der Waals surface area contributed by atoms with E-state index in [9.17, 15) is 4.79 Å². The maximum Gasteiger partial charge on any atom is 0.303 e. The topological polar surface area (TPSA) is 113 Å². The van der Waals surface area contributed by atoms with Crippen molar-refractivity contribution in [3.05, 3.63) is 77.4 Å². The highest BCUT2D eigenvalue weighted by atomic mass is 16.5. The summed E-state index contributed by atoms with van der Waals surface area (Å²) in [6.07, 6.45) is 3.87. The lowest BCUT2D eigenvalue weighted by Crippen LogP contribution is -2.03. The first kappa shape index (κ1) is 23.0. The average Bonchev–Trinajstić information content (AvgIpc) is 3.40. The Hall–Kier alpha value is -4.14. The Labute approximate surface area is 197 Å². The van der Waals surface area contributed by atoms with Gasteiger partial charge in [-0.05, 0) is 44.0 Å². The van der Waals surface area contributed by atoms with Gasteiger partial charge in [-0.3, -0.25) is 9.48 Å². The second kappa shape index (κ2) is 10.7. The van der Waals surface area contributed by atoms with Crippen LogP contribution in [0.5, 0.6) is 11.8 Å². The highest BCUT2D eigenvalue weighted by Crippen LogP contribution is 2.23. The van der Waals surface area contributed by atoms with Crippen LogP contribution in [0.15, 0.2) is 59.3 Å². The van der Waals surface area contributed by atoms with E-state index in [4.69, 9.17) is 19.0 Å². The zero-order valence-electron chi connectivity index (χ0n) is 19.1. The lowest BCUT2D eigenvalue weighted by Gasteiger charge is -2.06. The predicted octanol–water partition coefficient (Wildman–Crippen LogP) is 4.28. The highest BCUT2D eigenvalue weighted by Gasteiger charge is 2.14. The number of aromatic nitrogens is 4. The third-order valence-corrected chi connectivity index (χ3v) is 5.10. The first-order chi connectivity index (χ1) is 16.5. The van der Waals surface area contributed by atoms with Crippen molar-refractivity contribution in [2.24, 2.45) is 0 Å². The first-order valence-electron chi connectivity index (χ1n) is 11.0. The maximum atomic E-state index is 10.9. The van der Waals surface area contributed by atoms with Crippen LogP contribution in [-0.4, -0.2) is 37.4 Å². The Balaban J connectivity index is 1.42. The van der Waals surface area contributed by atoms with Crippen LogP contribution in [0.1, 0.15) is 35.9 Å². The van der Waals surface area contributed by atoms with Crippen LogP contribution in [0.3, 0.4) is 0 Å². The molecule has 0 amide bonds. The van der Waals surface area contributed by atoms with E-state index in [-0.39, 0.29) is 13.0 Å². The number of rotatable bonds is 11. The molecule has 0 aliphatic carbocycles. The second-order valence-electron chi connectivity index (χ2n) is 7.66. The van der Waals surface area contributed by atoms with Gasteiger partial charge in [-0.25, -0.2) is 9.97 Å². The number of benzene rings is 1. The van der Waals surface area contributed by atoms with Gasteiger partial charge < -0.3 is 19.0 Å². The summed E-state index contributed by atoms with van der Waals surface area (Å²) >= 11 is 0. The van der Waals surface area contributed by atoms with Crippen molar-refractivity contribution in [1.29, 1.82) is 0 Å². The number of carboxylic acids is 1. The van der Waals surface area contributed by atoms with Crippen molar-refractivity contribution >= 4 is 5.97 Å². The van der Waals surface area contributed by atoms with Crippen LogP contribution < -0.4 is 9.47 Å². The summed E-state index contributed by atoms with van der Waals surface area (Å²) in [5.41, 5.74) is 3.32. The van der Waals surface area contributed by atoms with Crippen molar-refractivity contribution in [3.63, 3.8) is 0 Å². The number of pyridine rings is 1. The van der Waals surface area contributed by atoms with Crippen LogP contribution in [0.4, 0.5) is 0 Å². The van der Waals surface area contributed by atoms with Crippen LogP contribution in [0.25, 0.3) is 11.5 Å². The van der Waals surface area contributed by atoms with E-state index in [1.165, 1.54) is 0 Å². The molecule has 3 heterocycles. The van der Waals surface area contributed by atoms with Gasteiger partial charge in [-0.1, -0.05) is 18.2 Å². The van der Waals surface area contributed by atoms with Gasteiger partial charge in [0.05, 0.1) is 13.2 Å². The van der Waals surface area contributed by atoms with Crippen molar-refractivity contribution in [2.75, 3.05) is 6.61 Å². The van der Waals surface area contributed by atoms with Crippen molar-refractivity contribution in [1.82, 2.24) is 19.7 Å². The van der Waals surface area contributed by atoms with Gasteiger partial charge in [-0.15, -0.1) is 5.10 Å².